The summed E-state index contributed by atoms with van der Waals surface area (Å²) in [4.78, 5) is 0. The van der Waals surface area contributed by atoms with Crippen molar-refractivity contribution in [2.75, 3.05) is 0 Å². The van der Waals surface area contributed by atoms with E-state index in [1.54, 1.807) is 0 Å². The topological polar surface area (TPSA) is 26.0 Å². The molecular weight excluding hydrogens is 230 g/mol. The summed E-state index contributed by atoms with van der Waals surface area (Å²) in [6.45, 7) is 11.3. The molecule has 106 valence electrons. The standard InChI is InChI=1S/C18H29N/c1-12(2)16-6-8-18(19,9-7-16)17-11-14(4)13(3)10-15(17)5/h10-12,16H,6-9,19H2,1-5H3. The Morgan fingerprint density at radius 3 is 2.05 bits per heavy atom. The van der Waals surface area contributed by atoms with Crippen molar-refractivity contribution in [2.24, 2.45) is 17.6 Å². The minimum Gasteiger partial charge on any atom is -0.321 e. The van der Waals surface area contributed by atoms with Crippen molar-refractivity contribution in [1.29, 1.82) is 0 Å². The maximum absolute atomic E-state index is 6.76. The lowest BCUT2D eigenvalue weighted by atomic mass is 9.69. The average Bonchev–Trinajstić information content (AvgIpc) is 2.34. The fourth-order valence-electron chi connectivity index (χ4n) is 3.59. The second-order valence-corrected chi connectivity index (χ2v) is 6.99. The molecule has 0 unspecified atom stereocenters. The van der Waals surface area contributed by atoms with Crippen molar-refractivity contribution < 1.29 is 0 Å². The van der Waals surface area contributed by atoms with Crippen molar-refractivity contribution in [1.82, 2.24) is 0 Å². The monoisotopic (exact) mass is 259 g/mol. The van der Waals surface area contributed by atoms with Crippen LogP contribution in [0.3, 0.4) is 0 Å². The highest BCUT2D eigenvalue weighted by Gasteiger charge is 2.35. The highest BCUT2D eigenvalue weighted by molar-refractivity contribution is 5.40. The summed E-state index contributed by atoms with van der Waals surface area (Å²) in [5.41, 5.74) is 12.2. The zero-order valence-corrected chi connectivity index (χ0v) is 13.2. The zero-order valence-electron chi connectivity index (χ0n) is 13.2. The molecule has 0 radical (unpaired) electrons. The van der Waals surface area contributed by atoms with Gasteiger partial charge >= 0.3 is 0 Å². The van der Waals surface area contributed by atoms with E-state index in [-0.39, 0.29) is 5.54 Å². The molecule has 19 heavy (non-hydrogen) atoms. The van der Waals surface area contributed by atoms with Crippen LogP contribution in [0, 0.1) is 32.6 Å². The van der Waals surface area contributed by atoms with Crippen LogP contribution in [0.15, 0.2) is 12.1 Å². The van der Waals surface area contributed by atoms with E-state index < -0.39 is 0 Å². The summed E-state index contributed by atoms with van der Waals surface area (Å²) in [6.07, 6.45) is 4.83. The molecule has 1 saturated carbocycles. The first-order chi connectivity index (χ1) is 8.83. The van der Waals surface area contributed by atoms with E-state index in [1.165, 1.54) is 35.1 Å². The Kier molecular flexibility index (Phi) is 4.06. The second-order valence-electron chi connectivity index (χ2n) is 6.99. The number of benzene rings is 1. The van der Waals surface area contributed by atoms with E-state index in [4.69, 9.17) is 5.73 Å². The fourth-order valence-corrected chi connectivity index (χ4v) is 3.59. The molecule has 1 aromatic rings. The van der Waals surface area contributed by atoms with E-state index in [2.05, 4.69) is 46.8 Å². The first-order valence-corrected chi connectivity index (χ1v) is 7.71. The molecule has 0 spiro atoms. The van der Waals surface area contributed by atoms with Crippen molar-refractivity contribution in [3.05, 3.63) is 34.4 Å². The minimum absolute atomic E-state index is 0.0894. The molecule has 0 aliphatic heterocycles. The molecule has 0 atom stereocenters. The van der Waals surface area contributed by atoms with Gasteiger partial charge in [-0.3, -0.25) is 0 Å². The highest BCUT2D eigenvalue weighted by Crippen LogP contribution is 2.41. The second kappa shape index (κ2) is 5.28. The highest BCUT2D eigenvalue weighted by atomic mass is 14.8. The van der Waals surface area contributed by atoms with Crippen LogP contribution in [0.4, 0.5) is 0 Å². The van der Waals surface area contributed by atoms with E-state index in [0.717, 1.165) is 24.7 Å². The third-order valence-electron chi connectivity index (χ3n) is 5.24. The molecular formula is C18H29N. The van der Waals surface area contributed by atoms with Crippen LogP contribution in [-0.2, 0) is 5.54 Å². The van der Waals surface area contributed by atoms with Gasteiger partial charge in [-0.1, -0.05) is 26.0 Å². The summed E-state index contributed by atoms with van der Waals surface area (Å²) in [6, 6.07) is 4.63. The summed E-state index contributed by atoms with van der Waals surface area (Å²) >= 11 is 0. The van der Waals surface area contributed by atoms with Crippen molar-refractivity contribution in [2.45, 2.75) is 65.8 Å². The largest absolute Gasteiger partial charge is 0.321 e. The van der Waals surface area contributed by atoms with Crippen LogP contribution >= 0.6 is 0 Å². The molecule has 1 heteroatoms. The average molecular weight is 259 g/mol. The molecule has 2 rings (SSSR count). The van der Waals surface area contributed by atoms with E-state index in [9.17, 15) is 0 Å². The number of nitrogens with two attached hydrogens (primary N) is 1. The van der Waals surface area contributed by atoms with Gasteiger partial charge in [0.1, 0.15) is 0 Å². The lowest BCUT2D eigenvalue weighted by Gasteiger charge is -2.40. The van der Waals surface area contributed by atoms with Crippen LogP contribution in [-0.4, -0.2) is 0 Å². The van der Waals surface area contributed by atoms with Crippen LogP contribution < -0.4 is 5.73 Å². The molecule has 1 fully saturated rings. The molecule has 0 amide bonds. The summed E-state index contributed by atoms with van der Waals surface area (Å²) < 4.78 is 0. The molecule has 0 aromatic heterocycles. The van der Waals surface area contributed by atoms with Gasteiger partial charge in [0, 0.05) is 5.54 Å². The summed E-state index contributed by atoms with van der Waals surface area (Å²) in [5.74, 6) is 1.66. The zero-order chi connectivity index (χ0) is 14.2. The Balaban J connectivity index is 2.25. The fraction of sp³-hybridized carbons (Fsp3) is 0.667. The lowest BCUT2D eigenvalue weighted by Crippen LogP contribution is -2.41. The molecule has 1 nitrogen and oxygen atoms in total. The van der Waals surface area contributed by atoms with Gasteiger partial charge < -0.3 is 5.73 Å². The van der Waals surface area contributed by atoms with Gasteiger partial charge in [-0.05, 0) is 80.5 Å². The predicted molar refractivity (Wildman–Crippen MR) is 83.3 cm³/mol. The Hall–Kier alpha value is -0.820. The van der Waals surface area contributed by atoms with Crippen molar-refractivity contribution in [3.8, 4) is 0 Å². The minimum atomic E-state index is -0.0894. The van der Waals surface area contributed by atoms with E-state index in [0.29, 0.717) is 0 Å². The van der Waals surface area contributed by atoms with Gasteiger partial charge in [0.05, 0.1) is 0 Å². The molecule has 1 aliphatic carbocycles. The number of aryl methyl sites for hydroxylation is 3. The summed E-state index contributed by atoms with van der Waals surface area (Å²) in [5, 5.41) is 0. The smallest absolute Gasteiger partial charge is 0.0412 e. The predicted octanol–water partition coefficient (Wildman–Crippen LogP) is 4.61. The number of rotatable bonds is 2. The molecule has 0 bridgehead atoms. The van der Waals surface area contributed by atoms with Crippen LogP contribution in [0.25, 0.3) is 0 Å². The van der Waals surface area contributed by atoms with E-state index >= 15 is 0 Å². The Morgan fingerprint density at radius 1 is 1.00 bits per heavy atom. The maximum Gasteiger partial charge on any atom is 0.0412 e. The Bertz CT molecular complexity index is 451. The van der Waals surface area contributed by atoms with Crippen molar-refractivity contribution in [3.63, 3.8) is 0 Å². The quantitative estimate of drug-likeness (QED) is 0.824. The van der Waals surface area contributed by atoms with Gasteiger partial charge in [0.2, 0.25) is 0 Å². The molecule has 2 N–H and O–H groups in total. The Labute approximate surface area is 118 Å². The van der Waals surface area contributed by atoms with Crippen molar-refractivity contribution >= 4 is 0 Å². The Morgan fingerprint density at radius 2 is 1.53 bits per heavy atom. The SMILES string of the molecule is Cc1cc(C)c(C2(N)CCC(C(C)C)CC2)cc1C. The van der Waals surface area contributed by atoms with Gasteiger partial charge in [0.25, 0.3) is 0 Å². The van der Waals surface area contributed by atoms with Gasteiger partial charge in [-0.15, -0.1) is 0 Å². The van der Waals surface area contributed by atoms with Gasteiger partial charge in [-0.2, -0.15) is 0 Å². The molecule has 1 aromatic carbocycles. The maximum atomic E-state index is 6.76. The lowest BCUT2D eigenvalue weighted by molar-refractivity contribution is 0.195. The first kappa shape index (κ1) is 14.6. The van der Waals surface area contributed by atoms with Crippen LogP contribution in [0.5, 0.6) is 0 Å². The molecule has 0 heterocycles. The third kappa shape index (κ3) is 2.86. The number of hydrogen-bond donors (Lipinski definition) is 1. The molecule has 0 saturated heterocycles. The van der Waals surface area contributed by atoms with Crippen LogP contribution in [0.2, 0.25) is 0 Å². The van der Waals surface area contributed by atoms with E-state index in [1.807, 2.05) is 0 Å². The van der Waals surface area contributed by atoms with Gasteiger partial charge in [-0.25, -0.2) is 0 Å². The first-order valence-electron chi connectivity index (χ1n) is 7.71. The van der Waals surface area contributed by atoms with Gasteiger partial charge in [0.15, 0.2) is 0 Å². The van der Waals surface area contributed by atoms with Crippen LogP contribution in [0.1, 0.15) is 61.8 Å². The number of hydrogen-bond acceptors (Lipinski definition) is 1. The molecule has 1 aliphatic rings. The third-order valence-corrected chi connectivity index (χ3v) is 5.24. The normalized spacial score (nSPS) is 27.8. The summed E-state index contributed by atoms with van der Waals surface area (Å²) in [7, 11) is 0.